The van der Waals surface area contributed by atoms with Gasteiger partial charge in [0.15, 0.2) is 0 Å². The number of fused-ring (bicyclic) bond motifs is 1. The molecule has 0 aliphatic heterocycles. The Hall–Kier alpha value is -1.90. The predicted octanol–water partition coefficient (Wildman–Crippen LogP) is 6.30. The van der Waals surface area contributed by atoms with Gasteiger partial charge in [-0.25, -0.2) is 0 Å². The summed E-state index contributed by atoms with van der Waals surface area (Å²) in [6.07, 6.45) is 0. The first-order valence-corrected chi connectivity index (χ1v) is 8.28. The molecule has 0 aliphatic rings. The summed E-state index contributed by atoms with van der Waals surface area (Å²) in [5.41, 5.74) is 2.64. The summed E-state index contributed by atoms with van der Waals surface area (Å²) >= 11 is 3.62. The summed E-state index contributed by atoms with van der Waals surface area (Å²) in [5, 5.41) is 6.91. The van der Waals surface area contributed by atoms with Crippen LogP contribution in [0.5, 0.6) is 0 Å². The molecule has 0 nitrogen and oxygen atoms in total. The van der Waals surface area contributed by atoms with Crippen LogP contribution in [0.1, 0.15) is 0 Å². The van der Waals surface area contributed by atoms with Gasteiger partial charge in [0.05, 0.1) is 4.88 Å². The zero-order valence-electron chi connectivity index (χ0n) is 10.7. The van der Waals surface area contributed by atoms with E-state index in [0.717, 1.165) is 0 Å². The van der Waals surface area contributed by atoms with Crippen LogP contribution >= 0.6 is 22.7 Å². The molecule has 0 unspecified atom stereocenters. The Bertz CT molecular complexity index is 854. The minimum Gasteiger partial charge on any atom is -0.143 e. The lowest BCUT2D eigenvalue weighted by Crippen LogP contribution is -1.78. The molecule has 0 bridgehead atoms. The summed E-state index contributed by atoms with van der Waals surface area (Å²) in [5.74, 6) is 0. The van der Waals surface area contributed by atoms with Crippen LogP contribution in [0.25, 0.3) is 31.7 Å². The zero-order chi connectivity index (χ0) is 13.4. The van der Waals surface area contributed by atoms with E-state index in [-0.39, 0.29) is 0 Å². The second kappa shape index (κ2) is 4.89. The molecule has 0 spiro atoms. The van der Waals surface area contributed by atoms with Crippen molar-refractivity contribution in [3.05, 3.63) is 71.4 Å². The third-order valence-corrected chi connectivity index (χ3v) is 5.43. The van der Waals surface area contributed by atoms with Gasteiger partial charge in [0, 0.05) is 10.4 Å². The quantitative estimate of drug-likeness (QED) is 0.407. The van der Waals surface area contributed by atoms with Gasteiger partial charge >= 0.3 is 0 Å². The van der Waals surface area contributed by atoms with Crippen LogP contribution in [0.4, 0.5) is 0 Å². The highest BCUT2D eigenvalue weighted by Crippen LogP contribution is 2.39. The molecule has 4 aromatic rings. The van der Waals surface area contributed by atoms with Crippen LogP contribution in [-0.2, 0) is 0 Å². The predicted molar refractivity (Wildman–Crippen MR) is 90.6 cm³/mol. The Balaban J connectivity index is 1.90. The number of rotatable bonds is 2. The molecule has 0 radical (unpaired) electrons. The molecule has 2 heterocycles. The summed E-state index contributed by atoms with van der Waals surface area (Å²) in [6, 6.07) is 21.8. The van der Waals surface area contributed by atoms with Crippen LogP contribution in [0.2, 0.25) is 0 Å². The van der Waals surface area contributed by atoms with Gasteiger partial charge in [-0.15, -0.1) is 22.7 Å². The molecule has 0 N–H and O–H groups in total. The van der Waals surface area contributed by atoms with E-state index in [1.165, 1.54) is 31.7 Å². The number of benzene rings is 2. The minimum atomic E-state index is 1.30. The lowest BCUT2D eigenvalue weighted by molar-refractivity contribution is 1.71. The van der Waals surface area contributed by atoms with E-state index in [2.05, 4.69) is 71.4 Å². The van der Waals surface area contributed by atoms with Crippen molar-refractivity contribution >= 4 is 33.4 Å². The van der Waals surface area contributed by atoms with Gasteiger partial charge in [-0.05, 0) is 45.3 Å². The van der Waals surface area contributed by atoms with Crippen LogP contribution in [0.3, 0.4) is 0 Å². The number of hydrogen-bond donors (Lipinski definition) is 0. The van der Waals surface area contributed by atoms with Crippen LogP contribution in [0.15, 0.2) is 71.4 Å². The highest BCUT2D eigenvalue weighted by molar-refractivity contribution is 7.20. The van der Waals surface area contributed by atoms with Crippen molar-refractivity contribution in [1.82, 2.24) is 0 Å². The molecule has 2 heteroatoms. The monoisotopic (exact) mass is 292 g/mol. The first-order valence-electron chi connectivity index (χ1n) is 6.52. The van der Waals surface area contributed by atoms with Gasteiger partial charge in [0.2, 0.25) is 0 Å². The fraction of sp³-hybridized carbons (Fsp3) is 0. The van der Waals surface area contributed by atoms with E-state index in [1.54, 1.807) is 11.3 Å². The van der Waals surface area contributed by atoms with Crippen LogP contribution in [-0.4, -0.2) is 0 Å². The SMILES string of the molecule is c1csc(-c2sccc2-c2ccc3ccccc3c2)c1. The fourth-order valence-corrected chi connectivity index (χ4v) is 4.30. The molecule has 2 aromatic carbocycles. The van der Waals surface area contributed by atoms with Gasteiger partial charge in [-0.2, -0.15) is 0 Å². The molecular formula is C18H12S2. The highest BCUT2D eigenvalue weighted by Gasteiger charge is 2.10. The topological polar surface area (TPSA) is 0 Å². The first-order chi connectivity index (χ1) is 9.92. The molecule has 2 aromatic heterocycles. The summed E-state index contributed by atoms with van der Waals surface area (Å²) < 4.78 is 0. The lowest BCUT2D eigenvalue weighted by Gasteiger charge is -2.05. The fourth-order valence-electron chi connectivity index (χ4n) is 2.49. The molecular weight excluding hydrogens is 280 g/mol. The van der Waals surface area contributed by atoms with Gasteiger partial charge in [-0.3, -0.25) is 0 Å². The molecule has 20 heavy (non-hydrogen) atoms. The van der Waals surface area contributed by atoms with Crippen molar-refractivity contribution in [3.63, 3.8) is 0 Å². The average molecular weight is 292 g/mol. The number of hydrogen-bond acceptors (Lipinski definition) is 2. The molecule has 0 atom stereocenters. The van der Waals surface area contributed by atoms with Gasteiger partial charge in [0.1, 0.15) is 0 Å². The summed E-state index contributed by atoms with van der Waals surface area (Å²) in [7, 11) is 0. The zero-order valence-corrected chi connectivity index (χ0v) is 12.4. The van der Waals surface area contributed by atoms with Gasteiger partial charge < -0.3 is 0 Å². The largest absolute Gasteiger partial charge is 0.143 e. The van der Waals surface area contributed by atoms with Crippen molar-refractivity contribution in [3.8, 4) is 20.9 Å². The molecule has 0 saturated carbocycles. The van der Waals surface area contributed by atoms with E-state index in [4.69, 9.17) is 0 Å². The molecule has 0 aliphatic carbocycles. The normalized spacial score (nSPS) is 11.0. The van der Waals surface area contributed by atoms with Crippen molar-refractivity contribution in [1.29, 1.82) is 0 Å². The Morgan fingerprint density at radius 3 is 2.40 bits per heavy atom. The molecule has 0 saturated heterocycles. The summed E-state index contributed by atoms with van der Waals surface area (Å²) in [4.78, 5) is 2.72. The van der Waals surface area contributed by atoms with E-state index >= 15 is 0 Å². The van der Waals surface area contributed by atoms with Crippen LogP contribution < -0.4 is 0 Å². The van der Waals surface area contributed by atoms with E-state index in [0.29, 0.717) is 0 Å². The molecule has 0 fully saturated rings. The highest BCUT2D eigenvalue weighted by atomic mass is 32.1. The summed E-state index contributed by atoms with van der Waals surface area (Å²) in [6.45, 7) is 0. The maximum atomic E-state index is 2.29. The number of thiophene rings is 2. The maximum absolute atomic E-state index is 2.29. The van der Waals surface area contributed by atoms with Gasteiger partial charge in [-0.1, -0.05) is 42.5 Å². The molecule has 4 rings (SSSR count). The second-order valence-electron chi connectivity index (χ2n) is 4.70. The van der Waals surface area contributed by atoms with Crippen LogP contribution in [0, 0.1) is 0 Å². The standard InChI is InChI=1S/C18H12S2/c1-2-5-14-12-15(8-7-13(14)4-1)16-9-11-20-18(16)17-6-3-10-19-17/h1-12H. The Morgan fingerprint density at radius 2 is 1.55 bits per heavy atom. The smallest absolute Gasteiger partial charge is 0.0520 e. The van der Waals surface area contributed by atoms with Crippen molar-refractivity contribution < 1.29 is 0 Å². The molecule has 96 valence electrons. The Labute approximate surface area is 126 Å². The van der Waals surface area contributed by atoms with E-state index < -0.39 is 0 Å². The third kappa shape index (κ3) is 1.98. The van der Waals surface area contributed by atoms with E-state index in [9.17, 15) is 0 Å². The average Bonchev–Trinajstić information content (AvgIpc) is 3.17. The van der Waals surface area contributed by atoms with Crippen molar-refractivity contribution in [2.75, 3.05) is 0 Å². The van der Waals surface area contributed by atoms with Gasteiger partial charge in [0.25, 0.3) is 0 Å². The Kier molecular flexibility index (Phi) is 2.91. The first kappa shape index (κ1) is 11.9. The van der Waals surface area contributed by atoms with Crippen molar-refractivity contribution in [2.45, 2.75) is 0 Å². The maximum Gasteiger partial charge on any atom is 0.0520 e. The Morgan fingerprint density at radius 1 is 0.650 bits per heavy atom. The van der Waals surface area contributed by atoms with E-state index in [1.807, 2.05) is 11.3 Å². The van der Waals surface area contributed by atoms with Crippen molar-refractivity contribution in [2.24, 2.45) is 0 Å². The second-order valence-corrected chi connectivity index (χ2v) is 6.57. The third-order valence-electron chi connectivity index (χ3n) is 3.47. The minimum absolute atomic E-state index is 1.30. The molecule has 0 amide bonds. The lowest BCUT2D eigenvalue weighted by atomic mass is 10.0.